The predicted molar refractivity (Wildman–Crippen MR) is 135 cm³/mol. The fourth-order valence-corrected chi connectivity index (χ4v) is 6.38. The van der Waals surface area contributed by atoms with E-state index < -0.39 is 28.4 Å². The second-order valence-electron chi connectivity index (χ2n) is 10.7. The van der Waals surface area contributed by atoms with Crippen molar-refractivity contribution >= 4 is 11.8 Å². The maximum absolute atomic E-state index is 13.2. The van der Waals surface area contributed by atoms with E-state index in [1.54, 1.807) is 0 Å². The highest BCUT2D eigenvalue weighted by molar-refractivity contribution is 5.79. The molecule has 2 fully saturated rings. The number of benzene rings is 3. The number of nitro benzene ring substituents is 1. The Morgan fingerprint density at radius 3 is 2.18 bits per heavy atom. The summed E-state index contributed by atoms with van der Waals surface area (Å²) in [6.07, 6.45) is -2.81. The standard InChI is InChI=1S/C29H25F3N2O5/c30-29(31,32)25-11-18(9-10-26(25)34(36)37)39-19-14-28(15-19)12-17(13-28)33-27(35)38-16-24-22-7-3-1-5-20(22)21-6-2-4-8-23(21)24/h1-11,17,19,24H,12-16H2,(H,33,35). The monoisotopic (exact) mass is 538 g/mol. The van der Waals surface area contributed by atoms with Crippen LogP contribution in [-0.4, -0.2) is 29.8 Å². The second kappa shape index (κ2) is 9.29. The molecule has 0 saturated heterocycles. The molecule has 10 heteroatoms. The van der Waals surface area contributed by atoms with Crippen LogP contribution < -0.4 is 10.1 Å². The van der Waals surface area contributed by atoms with Gasteiger partial charge in [0.1, 0.15) is 17.9 Å². The minimum atomic E-state index is -4.85. The summed E-state index contributed by atoms with van der Waals surface area (Å²) in [7, 11) is 0. The zero-order chi connectivity index (χ0) is 27.4. The third kappa shape index (κ3) is 4.68. The van der Waals surface area contributed by atoms with Gasteiger partial charge in [-0.15, -0.1) is 0 Å². The highest BCUT2D eigenvalue weighted by atomic mass is 19.4. The Hall–Kier alpha value is -4.08. The van der Waals surface area contributed by atoms with Gasteiger partial charge < -0.3 is 14.8 Å². The Morgan fingerprint density at radius 2 is 1.59 bits per heavy atom. The summed E-state index contributed by atoms with van der Waals surface area (Å²) in [5, 5.41) is 13.9. The van der Waals surface area contributed by atoms with Crippen molar-refractivity contribution in [3.8, 4) is 16.9 Å². The molecule has 0 radical (unpaired) electrons. The van der Waals surface area contributed by atoms with Gasteiger partial charge in [-0.25, -0.2) is 4.79 Å². The molecule has 3 aromatic rings. The first-order chi connectivity index (χ1) is 18.6. The van der Waals surface area contributed by atoms with Crippen LogP contribution >= 0.6 is 0 Å². The first kappa shape index (κ1) is 25.2. The molecule has 6 rings (SSSR count). The van der Waals surface area contributed by atoms with Crippen molar-refractivity contribution in [2.75, 3.05) is 6.61 Å². The molecule has 0 heterocycles. The summed E-state index contributed by atoms with van der Waals surface area (Å²) in [5.41, 5.74) is 2.27. The van der Waals surface area contributed by atoms with Crippen LogP contribution in [0, 0.1) is 15.5 Å². The SMILES string of the molecule is O=C(NC1CC2(C1)CC(Oc1ccc([N+](=O)[O-])c(C(F)(F)F)c1)C2)OCC1c2ccccc2-c2ccccc21. The summed E-state index contributed by atoms with van der Waals surface area (Å²) >= 11 is 0. The van der Waals surface area contributed by atoms with E-state index in [9.17, 15) is 28.1 Å². The van der Waals surface area contributed by atoms with Gasteiger partial charge in [0, 0.05) is 18.0 Å². The van der Waals surface area contributed by atoms with Crippen molar-refractivity contribution in [1.82, 2.24) is 5.32 Å². The number of hydrogen-bond donors (Lipinski definition) is 1. The smallest absolute Gasteiger partial charge is 0.423 e. The largest absolute Gasteiger partial charge is 0.490 e. The molecule has 3 aliphatic rings. The molecule has 1 amide bonds. The van der Waals surface area contributed by atoms with E-state index >= 15 is 0 Å². The normalized spacial score (nSPS) is 23.3. The molecule has 3 aliphatic carbocycles. The fraction of sp³-hybridized carbons (Fsp3) is 0.345. The number of fused-ring (bicyclic) bond motifs is 3. The number of halogens is 3. The topological polar surface area (TPSA) is 90.7 Å². The number of nitro groups is 1. The van der Waals surface area contributed by atoms with Crippen LogP contribution in [0.1, 0.15) is 48.3 Å². The molecule has 39 heavy (non-hydrogen) atoms. The van der Waals surface area contributed by atoms with Crippen LogP contribution in [0.2, 0.25) is 0 Å². The third-order valence-corrected chi connectivity index (χ3v) is 8.12. The second-order valence-corrected chi connectivity index (χ2v) is 10.7. The summed E-state index contributed by atoms with van der Waals surface area (Å²) < 4.78 is 51.0. The number of rotatable bonds is 6. The quantitative estimate of drug-likeness (QED) is 0.274. The number of nitrogens with zero attached hydrogens (tertiary/aromatic N) is 1. The van der Waals surface area contributed by atoms with E-state index in [0.717, 1.165) is 41.2 Å². The lowest BCUT2D eigenvalue weighted by atomic mass is 9.53. The Bertz CT molecular complexity index is 1400. The minimum absolute atomic E-state index is 0.0143. The van der Waals surface area contributed by atoms with E-state index in [1.165, 1.54) is 6.07 Å². The van der Waals surface area contributed by atoms with Crippen molar-refractivity contribution in [2.24, 2.45) is 5.41 Å². The number of alkyl halides is 3. The maximum Gasteiger partial charge on any atom is 0.423 e. The van der Waals surface area contributed by atoms with Crippen molar-refractivity contribution in [3.63, 3.8) is 0 Å². The molecule has 2 saturated carbocycles. The number of nitrogens with one attached hydrogen (secondary N) is 1. The Morgan fingerprint density at radius 1 is 0.974 bits per heavy atom. The molecule has 3 aromatic carbocycles. The summed E-state index contributed by atoms with van der Waals surface area (Å²) in [6.45, 7) is 0.239. The van der Waals surface area contributed by atoms with Crippen molar-refractivity contribution < 1.29 is 32.4 Å². The van der Waals surface area contributed by atoms with Gasteiger partial charge in [-0.3, -0.25) is 10.1 Å². The number of carbonyl (C=O) groups is 1. The lowest BCUT2D eigenvalue weighted by Gasteiger charge is -2.57. The molecule has 0 atom stereocenters. The van der Waals surface area contributed by atoms with Gasteiger partial charge in [0.2, 0.25) is 0 Å². The average Bonchev–Trinajstić information content (AvgIpc) is 3.18. The first-order valence-electron chi connectivity index (χ1n) is 12.8. The number of carbonyl (C=O) groups excluding carboxylic acids is 1. The van der Waals surface area contributed by atoms with Crippen molar-refractivity contribution in [1.29, 1.82) is 0 Å². The number of alkyl carbamates (subject to hydrolysis) is 1. The minimum Gasteiger partial charge on any atom is -0.490 e. The molecule has 1 spiro atoms. The van der Waals surface area contributed by atoms with Crippen molar-refractivity contribution in [3.05, 3.63) is 93.5 Å². The van der Waals surface area contributed by atoms with Gasteiger partial charge >= 0.3 is 12.3 Å². The molecule has 0 aromatic heterocycles. The van der Waals surface area contributed by atoms with Gasteiger partial charge in [-0.1, -0.05) is 48.5 Å². The lowest BCUT2D eigenvalue weighted by molar-refractivity contribution is -0.388. The molecule has 202 valence electrons. The van der Waals surface area contributed by atoms with E-state index in [1.807, 2.05) is 24.3 Å². The van der Waals surface area contributed by atoms with Gasteiger partial charge in [-0.2, -0.15) is 13.2 Å². The van der Waals surface area contributed by atoms with Crippen LogP contribution in [0.4, 0.5) is 23.7 Å². The highest BCUT2D eigenvalue weighted by Crippen LogP contribution is 2.57. The van der Waals surface area contributed by atoms with Crippen molar-refractivity contribution in [2.45, 2.75) is 49.9 Å². The van der Waals surface area contributed by atoms with E-state index in [2.05, 4.69) is 29.6 Å². The zero-order valence-corrected chi connectivity index (χ0v) is 20.7. The average molecular weight is 539 g/mol. The molecule has 1 N–H and O–H groups in total. The van der Waals surface area contributed by atoms with Crippen LogP contribution in [0.25, 0.3) is 11.1 Å². The van der Waals surface area contributed by atoms with E-state index in [4.69, 9.17) is 9.47 Å². The van der Waals surface area contributed by atoms with E-state index in [0.29, 0.717) is 18.9 Å². The van der Waals surface area contributed by atoms with Gasteiger partial charge in [0.15, 0.2) is 0 Å². The van der Waals surface area contributed by atoms with Gasteiger partial charge in [0.05, 0.1) is 11.0 Å². The van der Waals surface area contributed by atoms with Gasteiger partial charge in [-0.05, 0) is 65.5 Å². The Labute approximate surface area is 222 Å². The number of hydrogen-bond acceptors (Lipinski definition) is 5. The van der Waals surface area contributed by atoms with Crippen LogP contribution in [0.15, 0.2) is 66.7 Å². The zero-order valence-electron chi connectivity index (χ0n) is 20.7. The summed E-state index contributed by atoms with van der Waals surface area (Å²) in [5.74, 6) is -0.0573. The third-order valence-electron chi connectivity index (χ3n) is 8.12. The van der Waals surface area contributed by atoms with Gasteiger partial charge in [0.25, 0.3) is 5.69 Å². The molecule has 0 unspecified atom stereocenters. The van der Waals surface area contributed by atoms with Crippen LogP contribution in [-0.2, 0) is 10.9 Å². The molecular weight excluding hydrogens is 513 g/mol. The number of ether oxygens (including phenoxy) is 2. The Balaban J connectivity index is 0.983. The fourth-order valence-electron chi connectivity index (χ4n) is 6.38. The molecule has 0 aliphatic heterocycles. The Kier molecular flexibility index (Phi) is 6.00. The highest BCUT2D eigenvalue weighted by Gasteiger charge is 2.54. The molecular formula is C29H25F3N2O5. The lowest BCUT2D eigenvalue weighted by Crippen LogP contribution is -2.58. The van der Waals surface area contributed by atoms with Crippen LogP contribution in [0.5, 0.6) is 5.75 Å². The summed E-state index contributed by atoms with van der Waals surface area (Å²) in [6, 6.07) is 18.9. The molecule has 7 nitrogen and oxygen atoms in total. The summed E-state index contributed by atoms with van der Waals surface area (Å²) in [4.78, 5) is 22.4. The maximum atomic E-state index is 13.2. The van der Waals surface area contributed by atoms with E-state index in [-0.39, 0.29) is 35.8 Å². The van der Waals surface area contributed by atoms with Crippen LogP contribution in [0.3, 0.4) is 0 Å². The molecule has 0 bridgehead atoms. The number of amides is 1. The first-order valence-corrected chi connectivity index (χ1v) is 12.8. The predicted octanol–water partition coefficient (Wildman–Crippen LogP) is 6.84.